The largest absolute Gasteiger partial charge is 0.325 e. The van der Waals surface area contributed by atoms with Crippen LogP contribution < -0.4 is 5.32 Å². The van der Waals surface area contributed by atoms with E-state index in [9.17, 15) is 9.59 Å². The third kappa shape index (κ3) is 3.55. The Bertz CT molecular complexity index is 584. The van der Waals surface area contributed by atoms with Crippen LogP contribution in [0.2, 0.25) is 0 Å². The van der Waals surface area contributed by atoms with Gasteiger partial charge in [0.2, 0.25) is 5.91 Å². The molecule has 0 aromatic carbocycles. The topological polar surface area (TPSA) is 70.5 Å². The first kappa shape index (κ1) is 16.8. The number of carbonyl (C=O) groups excluding carboxylic acids is 2. The highest BCUT2D eigenvalue weighted by Crippen LogP contribution is 2.22. The van der Waals surface area contributed by atoms with E-state index in [-0.39, 0.29) is 23.9 Å². The summed E-state index contributed by atoms with van der Waals surface area (Å²) in [5, 5.41) is 7.23. The molecule has 3 rings (SSSR count). The van der Waals surface area contributed by atoms with Crippen LogP contribution in [0.4, 0.5) is 10.6 Å². The van der Waals surface area contributed by atoms with E-state index < -0.39 is 0 Å². The lowest BCUT2D eigenvalue weighted by atomic mass is 9.96. The summed E-state index contributed by atoms with van der Waals surface area (Å²) in [6.45, 7) is 7.14. The summed E-state index contributed by atoms with van der Waals surface area (Å²) in [6.07, 6.45) is 5.36. The summed E-state index contributed by atoms with van der Waals surface area (Å²) in [4.78, 5) is 28.7. The first-order chi connectivity index (χ1) is 11.6. The van der Waals surface area contributed by atoms with Crippen molar-refractivity contribution in [2.24, 2.45) is 5.92 Å². The van der Waals surface area contributed by atoms with E-state index in [1.807, 2.05) is 34.4 Å². The van der Waals surface area contributed by atoms with E-state index in [4.69, 9.17) is 0 Å². The molecule has 3 amide bonds. The van der Waals surface area contributed by atoms with Crippen LogP contribution in [-0.4, -0.2) is 57.7 Å². The Hall–Kier alpha value is -2.05. The van der Waals surface area contributed by atoms with Crippen LogP contribution in [0.3, 0.4) is 0 Å². The van der Waals surface area contributed by atoms with Gasteiger partial charge in [0, 0.05) is 44.2 Å². The maximum Gasteiger partial charge on any atom is 0.319 e. The predicted octanol–water partition coefficient (Wildman–Crippen LogP) is 2.33. The Labute approximate surface area is 143 Å². The summed E-state index contributed by atoms with van der Waals surface area (Å²) >= 11 is 0. The van der Waals surface area contributed by atoms with E-state index in [1.165, 1.54) is 0 Å². The van der Waals surface area contributed by atoms with E-state index in [2.05, 4.69) is 10.4 Å². The average Bonchev–Trinajstić information content (AvgIpc) is 3.26. The van der Waals surface area contributed by atoms with Crippen molar-refractivity contribution in [1.29, 1.82) is 0 Å². The third-order valence-corrected chi connectivity index (χ3v) is 4.92. The molecule has 0 unspecified atom stereocenters. The molecule has 24 heavy (non-hydrogen) atoms. The molecule has 2 saturated heterocycles. The molecule has 2 aliphatic heterocycles. The van der Waals surface area contributed by atoms with Crippen LogP contribution in [0.5, 0.6) is 0 Å². The lowest BCUT2D eigenvalue weighted by molar-refractivity contribution is -0.121. The Balaban J connectivity index is 1.51. The van der Waals surface area contributed by atoms with Gasteiger partial charge in [-0.15, -0.1) is 0 Å². The summed E-state index contributed by atoms with van der Waals surface area (Å²) < 4.78 is 1.81. The minimum absolute atomic E-state index is 0.0330. The zero-order valence-electron chi connectivity index (χ0n) is 14.6. The Kier molecular flexibility index (Phi) is 5.06. The molecule has 2 aliphatic rings. The molecule has 1 N–H and O–H groups in total. The van der Waals surface area contributed by atoms with Gasteiger partial charge in [-0.25, -0.2) is 9.48 Å². The van der Waals surface area contributed by atoms with Crippen molar-refractivity contribution in [1.82, 2.24) is 19.6 Å². The monoisotopic (exact) mass is 333 g/mol. The second-order valence-electron chi connectivity index (χ2n) is 6.98. The van der Waals surface area contributed by atoms with E-state index >= 15 is 0 Å². The fourth-order valence-electron chi connectivity index (χ4n) is 3.49. The van der Waals surface area contributed by atoms with Gasteiger partial charge >= 0.3 is 6.03 Å². The van der Waals surface area contributed by atoms with Gasteiger partial charge in [0.25, 0.3) is 0 Å². The maximum absolute atomic E-state index is 12.5. The molecule has 0 radical (unpaired) electrons. The van der Waals surface area contributed by atoms with Crippen molar-refractivity contribution < 1.29 is 9.59 Å². The number of piperidine rings is 1. The van der Waals surface area contributed by atoms with Crippen molar-refractivity contribution in [2.75, 3.05) is 31.5 Å². The van der Waals surface area contributed by atoms with E-state index in [0.29, 0.717) is 13.1 Å². The number of hydrogen-bond acceptors (Lipinski definition) is 3. The molecule has 7 nitrogen and oxygen atoms in total. The second-order valence-corrected chi connectivity index (χ2v) is 6.98. The third-order valence-electron chi connectivity index (χ3n) is 4.92. The summed E-state index contributed by atoms with van der Waals surface area (Å²) in [5.41, 5.74) is 0. The van der Waals surface area contributed by atoms with Gasteiger partial charge < -0.3 is 15.1 Å². The number of anilines is 1. The smallest absolute Gasteiger partial charge is 0.319 e. The standard InChI is InChI=1S/C17H27N5O2/c1-13(2)22-15(5-8-18-22)19-16(23)14-6-11-21(12-7-14)17(24)20-9-3-4-10-20/h5,8,13-14H,3-4,6-7,9-12H2,1-2H3,(H,19,23). The number of hydrogen-bond donors (Lipinski definition) is 1. The van der Waals surface area contributed by atoms with Gasteiger partial charge in [0.05, 0.1) is 6.20 Å². The molecule has 0 aliphatic carbocycles. The number of urea groups is 1. The molecule has 1 aromatic heterocycles. The SMILES string of the molecule is CC(C)n1nccc1NC(=O)C1CCN(C(=O)N2CCCC2)CC1. The number of rotatable bonds is 3. The molecule has 3 heterocycles. The first-order valence-electron chi connectivity index (χ1n) is 8.94. The second kappa shape index (κ2) is 7.23. The molecule has 2 fully saturated rings. The van der Waals surface area contributed by atoms with E-state index in [1.54, 1.807) is 6.20 Å². The van der Waals surface area contributed by atoms with Crippen LogP contribution in [0.25, 0.3) is 0 Å². The molecule has 1 aromatic rings. The zero-order valence-corrected chi connectivity index (χ0v) is 14.6. The van der Waals surface area contributed by atoms with Crippen LogP contribution in [-0.2, 0) is 4.79 Å². The van der Waals surface area contributed by atoms with Gasteiger partial charge in [0.15, 0.2) is 0 Å². The molecule has 7 heteroatoms. The summed E-state index contributed by atoms with van der Waals surface area (Å²) in [7, 11) is 0. The molecule has 0 spiro atoms. The highest BCUT2D eigenvalue weighted by molar-refractivity contribution is 5.92. The quantitative estimate of drug-likeness (QED) is 0.923. The summed E-state index contributed by atoms with van der Waals surface area (Å²) in [6, 6.07) is 2.17. The first-order valence-corrected chi connectivity index (χ1v) is 8.94. The van der Waals surface area contributed by atoms with Gasteiger partial charge in [-0.1, -0.05) is 0 Å². The minimum Gasteiger partial charge on any atom is -0.325 e. The Morgan fingerprint density at radius 2 is 1.75 bits per heavy atom. The number of amides is 3. The van der Waals surface area contributed by atoms with Crippen LogP contribution in [0.15, 0.2) is 12.3 Å². The lowest BCUT2D eigenvalue weighted by Crippen LogP contribution is -2.47. The Morgan fingerprint density at radius 3 is 2.38 bits per heavy atom. The van der Waals surface area contributed by atoms with Gasteiger partial charge in [-0.05, 0) is 39.5 Å². The average molecular weight is 333 g/mol. The van der Waals surface area contributed by atoms with Crippen LogP contribution in [0.1, 0.15) is 45.6 Å². The maximum atomic E-state index is 12.5. The number of nitrogens with one attached hydrogen (secondary N) is 1. The number of likely N-dealkylation sites (tertiary alicyclic amines) is 2. The number of aromatic nitrogens is 2. The predicted molar refractivity (Wildman–Crippen MR) is 91.7 cm³/mol. The van der Waals surface area contributed by atoms with Crippen LogP contribution >= 0.6 is 0 Å². The molecule has 0 bridgehead atoms. The highest BCUT2D eigenvalue weighted by Gasteiger charge is 2.30. The van der Waals surface area contributed by atoms with Crippen molar-refractivity contribution in [2.45, 2.75) is 45.6 Å². The summed E-state index contributed by atoms with van der Waals surface area (Å²) in [5.74, 6) is 0.736. The highest BCUT2D eigenvalue weighted by atomic mass is 16.2. The van der Waals surface area contributed by atoms with E-state index in [0.717, 1.165) is 44.6 Å². The van der Waals surface area contributed by atoms with Crippen molar-refractivity contribution in [3.8, 4) is 0 Å². The van der Waals surface area contributed by atoms with Gasteiger partial charge in [0.1, 0.15) is 5.82 Å². The molecule has 0 saturated carbocycles. The fraction of sp³-hybridized carbons (Fsp3) is 0.706. The molecular formula is C17H27N5O2. The molecular weight excluding hydrogens is 306 g/mol. The van der Waals surface area contributed by atoms with Crippen molar-refractivity contribution in [3.05, 3.63) is 12.3 Å². The normalized spacial score (nSPS) is 19.1. The Morgan fingerprint density at radius 1 is 1.12 bits per heavy atom. The number of carbonyl (C=O) groups is 2. The molecule has 132 valence electrons. The molecule has 0 atom stereocenters. The zero-order chi connectivity index (χ0) is 17.1. The minimum atomic E-state index is -0.0388. The van der Waals surface area contributed by atoms with Crippen molar-refractivity contribution in [3.63, 3.8) is 0 Å². The van der Waals surface area contributed by atoms with Gasteiger partial charge in [-0.3, -0.25) is 4.79 Å². The van der Waals surface area contributed by atoms with Crippen molar-refractivity contribution >= 4 is 17.8 Å². The lowest BCUT2D eigenvalue weighted by Gasteiger charge is -2.34. The number of nitrogens with zero attached hydrogens (tertiary/aromatic N) is 4. The van der Waals surface area contributed by atoms with Crippen LogP contribution in [0, 0.1) is 5.92 Å². The fourth-order valence-corrected chi connectivity index (χ4v) is 3.49. The van der Waals surface area contributed by atoms with Gasteiger partial charge in [-0.2, -0.15) is 5.10 Å².